The van der Waals surface area contributed by atoms with Crippen LogP contribution < -0.4 is 20.3 Å². The van der Waals surface area contributed by atoms with E-state index in [0.29, 0.717) is 35.7 Å². The molecule has 3 aromatic rings. The summed E-state index contributed by atoms with van der Waals surface area (Å²) in [6.07, 6.45) is -0.273. The Morgan fingerprint density at radius 3 is 2.19 bits per heavy atom. The predicted octanol–water partition coefficient (Wildman–Crippen LogP) is 4.99. The van der Waals surface area contributed by atoms with Gasteiger partial charge in [-0.25, -0.2) is 0 Å². The smallest absolute Gasteiger partial charge is 0.250 e. The number of amides is 3. The lowest BCUT2D eigenvalue weighted by Crippen LogP contribution is -2.55. The van der Waals surface area contributed by atoms with Gasteiger partial charge < -0.3 is 35.0 Å². The van der Waals surface area contributed by atoms with Crippen molar-refractivity contribution in [3.63, 3.8) is 0 Å². The molecule has 0 aliphatic carbocycles. The minimum Gasteiger partial charge on any atom is -0.494 e. The van der Waals surface area contributed by atoms with E-state index in [2.05, 4.69) is 45.3 Å². The maximum absolute atomic E-state index is 14.6. The molecule has 0 saturated carbocycles. The van der Waals surface area contributed by atoms with Crippen LogP contribution in [0.25, 0.3) is 0 Å². The first kappa shape index (κ1) is 33.0. The Kier molecular flexibility index (Phi) is 9.59. The van der Waals surface area contributed by atoms with Crippen molar-refractivity contribution in [1.82, 2.24) is 4.90 Å². The first-order valence-corrected chi connectivity index (χ1v) is 17.2. The van der Waals surface area contributed by atoms with E-state index in [-0.39, 0.29) is 10.7 Å². The Labute approximate surface area is 283 Å². The van der Waals surface area contributed by atoms with Crippen LogP contribution in [0.4, 0.5) is 17.1 Å². The van der Waals surface area contributed by atoms with Gasteiger partial charge in [-0.1, -0.05) is 46.3 Å². The molecular formula is C36H41BrN4O6. The second-order valence-electron chi connectivity index (χ2n) is 12.2. The summed E-state index contributed by atoms with van der Waals surface area (Å²) >= 11 is 3.73. The Morgan fingerprint density at radius 1 is 0.979 bits per heavy atom. The number of aliphatic hydroxyl groups excluding tert-OH is 1. The fourth-order valence-corrected chi connectivity index (χ4v) is 8.56. The van der Waals surface area contributed by atoms with Gasteiger partial charge in [-0.2, -0.15) is 0 Å². The summed E-state index contributed by atoms with van der Waals surface area (Å²) < 4.78 is 12.2. The summed E-state index contributed by atoms with van der Waals surface area (Å²) in [5.41, 5.74) is 1.57. The number of nitrogens with one attached hydrogen (secondary N) is 2. The lowest BCUT2D eigenvalue weighted by Gasteiger charge is -2.37. The van der Waals surface area contributed by atoms with Crippen LogP contribution in [-0.2, 0) is 19.1 Å². The zero-order valence-corrected chi connectivity index (χ0v) is 28.4. The first-order chi connectivity index (χ1) is 22.8. The quantitative estimate of drug-likeness (QED) is 0.227. The molecule has 0 radical (unpaired) electrons. The van der Waals surface area contributed by atoms with Crippen molar-refractivity contribution in [2.75, 3.05) is 41.8 Å². The minimum absolute atomic E-state index is 0.268. The van der Waals surface area contributed by atoms with E-state index >= 15 is 0 Å². The number of halogens is 1. The number of nitrogens with zero attached hydrogens (tertiary/aromatic N) is 2. The summed E-state index contributed by atoms with van der Waals surface area (Å²) in [6, 6.07) is 21.9. The van der Waals surface area contributed by atoms with Crippen molar-refractivity contribution in [2.24, 2.45) is 11.8 Å². The van der Waals surface area contributed by atoms with Gasteiger partial charge in [0.05, 0.1) is 37.2 Å². The Bertz CT molecular complexity index is 1590. The molecule has 248 valence electrons. The SMILES string of the molecule is CCOc1ccc(NC(=O)[C@H]2[C@@H]3OC4(CC3Br)C(C(=O)Nc3ccc(N(CC)CC)cc3)N([C@H](CO)c3ccccc3)C(=O)[C@H]24)cc1. The van der Waals surface area contributed by atoms with Gasteiger partial charge in [0.2, 0.25) is 17.7 Å². The van der Waals surface area contributed by atoms with E-state index in [4.69, 9.17) is 9.47 Å². The number of alkyl halides is 1. The maximum Gasteiger partial charge on any atom is 0.250 e. The van der Waals surface area contributed by atoms with Crippen LogP contribution >= 0.6 is 15.9 Å². The topological polar surface area (TPSA) is 120 Å². The molecule has 3 amide bonds. The van der Waals surface area contributed by atoms with Crippen molar-refractivity contribution in [3.05, 3.63) is 84.4 Å². The standard InChI is InChI=1S/C36H41BrN4O6/c1-4-40(5-2)25-16-12-23(13-17-25)39-34(44)32-36-20-27(37)31(47-36)29(33(43)38-24-14-18-26(19-15-24)46-6-3)30(36)35(45)41(32)28(21-42)22-10-8-7-9-11-22/h7-19,27-32,42H,4-6,20-21H2,1-3H3,(H,38,43)(H,39,44)/t27?,28-,29-,30+,31-,32?,36?/m1/s1. The van der Waals surface area contributed by atoms with Crippen molar-refractivity contribution >= 4 is 50.7 Å². The Hall–Kier alpha value is -3.93. The third kappa shape index (κ3) is 5.89. The number of carbonyl (C=O) groups excluding carboxylic acids is 3. The maximum atomic E-state index is 14.6. The minimum atomic E-state index is -1.29. The molecule has 3 heterocycles. The average molecular weight is 706 g/mol. The predicted molar refractivity (Wildman–Crippen MR) is 184 cm³/mol. The molecule has 1 spiro atoms. The van der Waals surface area contributed by atoms with Gasteiger partial charge in [0.1, 0.15) is 17.4 Å². The second kappa shape index (κ2) is 13.7. The van der Waals surface area contributed by atoms with Crippen LogP contribution in [0.1, 0.15) is 38.8 Å². The highest BCUT2D eigenvalue weighted by molar-refractivity contribution is 9.09. The highest BCUT2D eigenvalue weighted by Crippen LogP contribution is 2.61. The van der Waals surface area contributed by atoms with Gasteiger partial charge in [-0.3, -0.25) is 14.4 Å². The molecule has 47 heavy (non-hydrogen) atoms. The fraction of sp³-hybridized carbons (Fsp3) is 0.417. The Balaban J connectivity index is 1.35. The molecule has 3 aliphatic rings. The monoisotopic (exact) mass is 704 g/mol. The van der Waals surface area contributed by atoms with Crippen molar-refractivity contribution in [3.8, 4) is 5.75 Å². The molecule has 10 nitrogen and oxygen atoms in total. The lowest BCUT2D eigenvalue weighted by molar-refractivity contribution is -0.143. The normalized spacial score (nSPS) is 26.5. The van der Waals surface area contributed by atoms with E-state index in [1.54, 1.807) is 24.3 Å². The highest BCUT2D eigenvalue weighted by Gasteiger charge is 2.77. The number of fused-ring (bicyclic) bond motifs is 1. The van der Waals surface area contributed by atoms with Crippen molar-refractivity contribution < 1.29 is 29.0 Å². The van der Waals surface area contributed by atoms with Gasteiger partial charge in [-0.05, 0) is 81.3 Å². The summed E-state index contributed by atoms with van der Waals surface area (Å²) in [4.78, 5) is 46.5. The zero-order valence-electron chi connectivity index (χ0n) is 26.8. The molecule has 3 unspecified atom stereocenters. The number of ether oxygens (including phenoxy) is 2. The summed E-state index contributed by atoms with van der Waals surface area (Å²) in [5, 5.41) is 16.7. The largest absolute Gasteiger partial charge is 0.494 e. The van der Waals surface area contributed by atoms with E-state index < -0.39 is 54.0 Å². The van der Waals surface area contributed by atoms with Crippen molar-refractivity contribution in [1.29, 1.82) is 0 Å². The lowest BCUT2D eigenvalue weighted by atomic mass is 9.70. The molecule has 3 aliphatic heterocycles. The first-order valence-electron chi connectivity index (χ1n) is 16.3. The summed E-state index contributed by atoms with van der Waals surface area (Å²) in [5.74, 6) is -2.30. The van der Waals surface area contributed by atoms with Crippen LogP contribution in [0.2, 0.25) is 0 Å². The molecule has 7 atom stereocenters. The second-order valence-corrected chi connectivity index (χ2v) is 13.3. The molecule has 6 rings (SSSR count). The number of aliphatic hydroxyl groups is 1. The summed E-state index contributed by atoms with van der Waals surface area (Å²) in [7, 11) is 0. The molecule has 0 aromatic heterocycles. The molecule has 3 N–H and O–H groups in total. The summed E-state index contributed by atoms with van der Waals surface area (Å²) in [6.45, 7) is 7.89. The molecule has 2 bridgehead atoms. The number of hydrogen-bond donors (Lipinski definition) is 3. The number of carbonyl (C=O) groups is 3. The van der Waals surface area contributed by atoms with Crippen LogP contribution in [0.5, 0.6) is 5.75 Å². The van der Waals surface area contributed by atoms with Gasteiger partial charge in [0.15, 0.2) is 0 Å². The van der Waals surface area contributed by atoms with Crippen LogP contribution in [0, 0.1) is 11.8 Å². The third-order valence-electron chi connectivity index (χ3n) is 9.67. The Morgan fingerprint density at radius 2 is 1.60 bits per heavy atom. The van der Waals surface area contributed by atoms with Crippen molar-refractivity contribution in [2.45, 2.75) is 55.8 Å². The number of hydrogen-bond acceptors (Lipinski definition) is 7. The third-order valence-corrected chi connectivity index (χ3v) is 10.5. The van der Waals surface area contributed by atoms with E-state index in [1.165, 1.54) is 4.90 Å². The number of rotatable bonds is 12. The highest BCUT2D eigenvalue weighted by atomic mass is 79.9. The molecule has 11 heteroatoms. The number of benzene rings is 3. The fourth-order valence-electron chi connectivity index (χ4n) is 7.61. The van der Waals surface area contributed by atoms with E-state index in [9.17, 15) is 19.5 Å². The van der Waals surface area contributed by atoms with Gasteiger partial charge in [-0.15, -0.1) is 0 Å². The number of anilines is 3. The number of likely N-dealkylation sites (tertiary alicyclic amines) is 1. The van der Waals surface area contributed by atoms with Crippen LogP contribution in [0.15, 0.2) is 78.9 Å². The molecule has 3 aromatic carbocycles. The van der Waals surface area contributed by atoms with Gasteiger partial charge >= 0.3 is 0 Å². The van der Waals surface area contributed by atoms with E-state index in [0.717, 1.165) is 18.8 Å². The zero-order chi connectivity index (χ0) is 33.3. The molecular weight excluding hydrogens is 664 g/mol. The van der Waals surface area contributed by atoms with Gasteiger partial charge in [0.25, 0.3) is 0 Å². The van der Waals surface area contributed by atoms with Crippen LogP contribution in [-0.4, -0.2) is 76.6 Å². The molecule has 3 saturated heterocycles. The molecule has 3 fully saturated rings. The average Bonchev–Trinajstić information content (AvgIpc) is 3.68. The van der Waals surface area contributed by atoms with Gasteiger partial charge in [0, 0.05) is 35.0 Å². The van der Waals surface area contributed by atoms with E-state index in [1.807, 2.05) is 61.5 Å². The van der Waals surface area contributed by atoms with Crippen LogP contribution in [0.3, 0.4) is 0 Å².